The maximum atomic E-state index is 11.8. The van der Waals surface area contributed by atoms with Crippen LogP contribution in [0.25, 0.3) is 0 Å². The van der Waals surface area contributed by atoms with E-state index in [1.807, 2.05) is 6.26 Å². The summed E-state index contributed by atoms with van der Waals surface area (Å²) in [5.41, 5.74) is 0.578. The molecule has 0 aromatic heterocycles. The van der Waals surface area contributed by atoms with Gasteiger partial charge in [0.2, 0.25) is 0 Å². The van der Waals surface area contributed by atoms with Crippen LogP contribution < -0.4 is 5.32 Å². The molecule has 0 spiro atoms. The molecule has 2 N–H and O–H groups in total. The monoisotopic (exact) mass is 353 g/mol. The lowest BCUT2D eigenvalue weighted by atomic mass is 10.1. The van der Waals surface area contributed by atoms with Gasteiger partial charge >= 0.3 is 0 Å². The summed E-state index contributed by atoms with van der Waals surface area (Å²) >= 11 is 4.71. The third-order valence-electron chi connectivity index (χ3n) is 2.42. The SMILES string of the molecule is CNCC(O)c1cc(Br)c(SC)c(S(C)(=O)=O)c1. The Bertz CT molecular complexity index is 531. The third kappa shape index (κ3) is 3.71. The first-order valence-corrected chi connectivity index (χ1v) is 9.12. The van der Waals surface area contributed by atoms with Gasteiger partial charge in [0.05, 0.1) is 11.0 Å². The molecule has 1 aromatic carbocycles. The van der Waals surface area contributed by atoms with E-state index in [1.54, 1.807) is 13.1 Å². The molecule has 0 aliphatic heterocycles. The van der Waals surface area contributed by atoms with Crippen molar-refractivity contribution in [3.05, 3.63) is 22.2 Å². The van der Waals surface area contributed by atoms with Crippen molar-refractivity contribution in [2.24, 2.45) is 0 Å². The number of nitrogens with one attached hydrogen (secondary N) is 1. The van der Waals surface area contributed by atoms with Crippen molar-refractivity contribution in [3.63, 3.8) is 0 Å². The fourth-order valence-electron chi connectivity index (χ4n) is 1.57. The lowest BCUT2D eigenvalue weighted by molar-refractivity contribution is 0.177. The van der Waals surface area contributed by atoms with Gasteiger partial charge in [0.15, 0.2) is 9.84 Å². The zero-order valence-corrected chi connectivity index (χ0v) is 13.6. The van der Waals surface area contributed by atoms with Crippen LogP contribution >= 0.6 is 27.7 Å². The zero-order chi connectivity index (χ0) is 13.9. The highest BCUT2D eigenvalue weighted by molar-refractivity contribution is 9.10. The van der Waals surface area contributed by atoms with Gasteiger partial charge < -0.3 is 10.4 Å². The zero-order valence-electron chi connectivity index (χ0n) is 10.4. The summed E-state index contributed by atoms with van der Waals surface area (Å²) in [5, 5.41) is 12.8. The normalized spacial score (nSPS) is 13.6. The highest BCUT2D eigenvalue weighted by Gasteiger charge is 2.19. The molecule has 0 saturated heterocycles. The van der Waals surface area contributed by atoms with Gasteiger partial charge in [0.1, 0.15) is 0 Å². The highest BCUT2D eigenvalue weighted by Crippen LogP contribution is 2.35. The number of thioether (sulfide) groups is 1. The minimum absolute atomic E-state index is 0.245. The summed E-state index contributed by atoms with van der Waals surface area (Å²) in [6.45, 7) is 0.369. The molecule has 1 unspecified atom stereocenters. The number of hydrogen-bond acceptors (Lipinski definition) is 5. The molecule has 0 fully saturated rings. The number of benzene rings is 1. The van der Waals surface area contributed by atoms with Crippen molar-refractivity contribution in [1.29, 1.82) is 0 Å². The molecule has 4 nitrogen and oxygen atoms in total. The second-order valence-electron chi connectivity index (χ2n) is 3.88. The molecule has 1 rings (SSSR count). The topological polar surface area (TPSA) is 66.4 Å². The Morgan fingerprint density at radius 1 is 1.50 bits per heavy atom. The molecule has 18 heavy (non-hydrogen) atoms. The molecular formula is C11H16BrNO3S2. The predicted molar refractivity (Wildman–Crippen MR) is 77.9 cm³/mol. The van der Waals surface area contributed by atoms with Crippen molar-refractivity contribution >= 4 is 37.5 Å². The number of rotatable bonds is 5. The second-order valence-corrected chi connectivity index (χ2v) is 7.53. The molecule has 0 amide bonds. The van der Waals surface area contributed by atoms with Crippen LogP contribution in [0.15, 0.2) is 26.4 Å². The number of aliphatic hydroxyl groups excluding tert-OH is 1. The van der Waals surface area contributed by atoms with Crippen molar-refractivity contribution in [2.45, 2.75) is 15.9 Å². The van der Waals surface area contributed by atoms with Crippen molar-refractivity contribution < 1.29 is 13.5 Å². The fourth-order valence-corrected chi connectivity index (χ4v) is 4.68. The van der Waals surface area contributed by atoms with Gasteiger partial charge in [-0.1, -0.05) is 0 Å². The molecule has 0 saturated carbocycles. The van der Waals surface area contributed by atoms with Crippen LogP contribution in [0.2, 0.25) is 0 Å². The van der Waals surface area contributed by atoms with E-state index >= 15 is 0 Å². The van der Waals surface area contributed by atoms with Gasteiger partial charge in [-0.05, 0) is 46.9 Å². The molecule has 0 heterocycles. The summed E-state index contributed by atoms with van der Waals surface area (Å²) < 4.78 is 24.2. The summed E-state index contributed by atoms with van der Waals surface area (Å²) in [7, 11) is -1.59. The molecule has 0 aliphatic carbocycles. The quantitative estimate of drug-likeness (QED) is 0.790. The number of hydrogen-bond donors (Lipinski definition) is 2. The van der Waals surface area contributed by atoms with E-state index in [0.29, 0.717) is 21.5 Å². The second kappa shape index (κ2) is 6.38. The van der Waals surface area contributed by atoms with E-state index < -0.39 is 15.9 Å². The Morgan fingerprint density at radius 2 is 2.11 bits per heavy atom. The van der Waals surface area contributed by atoms with Crippen molar-refractivity contribution in [3.8, 4) is 0 Å². The van der Waals surface area contributed by atoms with Crippen LogP contribution in [0.4, 0.5) is 0 Å². The van der Waals surface area contributed by atoms with Gasteiger partial charge in [0.25, 0.3) is 0 Å². The maximum Gasteiger partial charge on any atom is 0.176 e. The Morgan fingerprint density at radius 3 is 2.56 bits per heavy atom. The van der Waals surface area contributed by atoms with E-state index in [1.165, 1.54) is 24.1 Å². The number of sulfone groups is 1. The summed E-state index contributed by atoms with van der Waals surface area (Å²) in [6, 6.07) is 3.29. The molecule has 102 valence electrons. The Balaban J connectivity index is 3.40. The summed E-state index contributed by atoms with van der Waals surface area (Å²) in [4.78, 5) is 0.910. The largest absolute Gasteiger partial charge is 0.387 e. The number of halogens is 1. The van der Waals surface area contributed by atoms with Gasteiger partial charge in [-0.15, -0.1) is 11.8 Å². The van der Waals surface area contributed by atoms with Gasteiger partial charge in [-0.2, -0.15) is 0 Å². The molecule has 1 atom stereocenters. The van der Waals surface area contributed by atoms with Crippen LogP contribution in [0.1, 0.15) is 11.7 Å². The van der Waals surface area contributed by atoms with Crippen molar-refractivity contribution in [2.75, 3.05) is 26.1 Å². The van der Waals surface area contributed by atoms with E-state index in [4.69, 9.17) is 0 Å². The molecule has 1 aromatic rings. The van der Waals surface area contributed by atoms with Crippen LogP contribution in [0.5, 0.6) is 0 Å². The van der Waals surface area contributed by atoms with E-state index in [2.05, 4.69) is 21.2 Å². The highest BCUT2D eigenvalue weighted by atomic mass is 79.9. The average molecular weight is 354 g/mol. The Hall–Kier alpha value is -0.0800. The van der Waals surface area contributed by atoms with E-state index in [9.17, 15) is 13.5 Å². The first-order chi connectivity index (χ1) is 8.31. The fraction of sp³-hybridized carbons (Fsp3) is 0.455. The average Bonchev–Trinajstić information content (AvgIpc) is 2.27. The lowest BCUT2D eigenvalue weighted by Crippen LogP contribution is -2.17. The predicted octanol–water partition coefficient (Wildman–Crippen LogP) is 1.83. The van der Waals surface area contributed by atoms with Gasteiger partial charge in [0, 0.05) is 22.2 Å². The van der Waals surface area contributed by atoms with Crippen LogP contribution in [0.3, 0.4) is 0 Å². The van der Waals surface area contributed by atoms with Gasteiger partial charge in [-0.3, -0.25) is 0 Å². The minimum Gasteiger partial charge on any atom is -0.387 e. The van der Waals surface area contributed by atoms with Crippen LogP contribution in [0, 0.1) is 0 Å². The molecule has 7 heteroatoms. The number of aliphatic hydroxyl groups is 1. The lowest BCUT2D eigenvalue weighted by Gasteiger charge is -2.15. The van der Waals surface area contributed by atoms with Gasteiger partial charge in [-0.25, -0.2) is 8.42 Å². The molecular weight excluding hydrogens is 338 g/mol. The number of likely N-dealkylation sites (N-methyl/N-ethyl adjacent to an activating group) is 1. The van der Waals surface area contributed by atoms with E-state index in [-0.39, 0.29) is 4.90 Å². The minimum atomic E-state index is -3.32. The van der Waals surface area contributed by atoms with E-state index in [0.717, 1.165) is 0 Å². The molecule has 0 radical (unpaired) electrons. The summed E-state index contributed by atoms with van der Waals surface area (Å²) in [6.07, 6.45) is 2.25. The summed E-state index contributed by atoms with van der Waals surface area (Å²) in [5.74, 6) is 0. The molecule has 0 bridgehead atoms. The maximum absolute atomic E-state index is 11.8. The van der Waals surface area contributed by atoms with Crippen LogP contribution in [-0.2, 0) is 9.84 Å². The smallest absolute Gasteiger partial charge is 0.176 e. The Kier molecular flexibility index (Phi) is 5.67. The first-order valence-electron chi connectivity index (χ1n) is 5.21. The van der Waals surface area contributed by atoms with Crippen molar-refractivity contribution in [1.82, 2.24) is 5.32 Å². The first kappa shape index (κ1) is 16.0. The third-order valence-corrected chi connectivity index (χ3v) is 5.40. The Labute approximate surface area is 120 Å². The molecule has 0 aliphatic rings. The standard InChI is InChI=1S/C11H16BrNO3S2/c1-13-6-9(14)7-4-8(12)11(17-2)10(5-7)18(3,15)16/h4-5,9,13-14H,6H2,1-3H3. The van der Waals surface area contributed by atoms with Crippen LogP contribution in [-0.4, -0.2) is 39.6 Å².